The van der Waals surface area contributed by atoms with Crippen LogP contribution < -0.4 is 5.32 Å². The molecular weight excluding hydrogens is 250 g/mol. The van der Waals surface area contributed by atoms with E-state index in [1.54, 1.807) is 0 Å². The quantitative estimate of drug-likeness (QED) is 0.713. The van der Waals surface area contributed by atoms with E-state index in [0.717, 1.165) is 25.9 Å². The van der Waals surface area contributed by atoms with Crippen molar-refractivity contribution in [3.63, 3.8) is 0 Å². The van der Waals surface area contributed by atoms with E-state index >= 15 is 0 Å². The van der Waals surface area contributed by atoms with Gasteiger partial charge in [-0.05, 0) is 49.8 Å². The van der Waals surface area contributed by atoms with E-state index in [1.807, 2.05) is 0 Å². The molecule has 0 aliphatic heterocycles. The van der Waals surface area contributed by atoms with Crippen LogP contribution in [-0.4, -0.2) is 17.6 Å². The minimum atomic E-state index is -0.707. The van der Waals surface area contributed by atoms with Crippen molar-refractivity contribution in [1.29, 1.82) is 0 Å². The zero-order valence-corrected chi connectivity index (χ0v) is 13.1. The average Bonchev–Trinajstić information content (AvgIpc) is 2.36. The van der Waals surface area contributed by atoms with Crippen molar-refractivity contribution in [1.82, 2.24) is 5.32 Å². The van der Waals surface area contributed by atoms with Gasteiger partial charge in [0.15, 0.2) is 0 Å². The Labute approximate surface area is 122 Å². The van der Waals surface area contributed by atoms with Gasteiger partial charge < -0.3 is 10.4 Å². The van der Waals surface area contributed by atoms with Crippen LogP contribution >= 0.6 is 0 Å². The Balaban J connectivity index is 2.34. The normalized spacial score (nSPS) is 11.6. The zero-order valence-electron chi connectivity index (χ0n) is 13.1. The first-order valence-electron chi connectivity index (χ1n) is 7.29. The van der Waals surface area contributed by atoms with E-state index < -0.39 is 5.97 Å². The maximum atomic E-state index is 10.6. The smallest absolute Gasteiger partial charge is 0.303 e. The topological polar surface area (TPSA) is 49.3 Å². The summed E-state index contributed by atoms with van der Waals surface area (Å²) >= 11 is 0. The third-order valence-electron chi connectivity index (χ3n) is 3.81. The third-order valence-corrected chi connectivity index (χ3v) is 3.81. The molecule has 112 valence electrons. The van der Waals surface area contributed by atoms with Crippen LogP contribution in [0.3, 0.4) is 0 Å². The highest BCUT2D eigenvalue weighted by atomic mass is 16.4. The van der Waals surface area contributed by atoms with Crippen molar-refractivity contribution in [3.8, 4) is 0 Å². The van der Waals surface area contributed by atoms with Crippen LogP contribution in [0.15, 0.2) is 18.2 Å². The van der Waals surface area contributed by atoms with Crippen molar-refractivity contribution >= 4 is 5.97 Å². The minimum Gasteiger partial charge on any atom is -0.481 e. The summed E-state index contributed by atoms with van der Waals surface area (Å²) in [5, 5.41) is 12.2. The summed E-state index contributed by atoms with van der Waals surface area (Å²) in [4.78, 5) is 10.6. The lowest BCUT2D eigenvalue weighted by Crippen LogP contribution is -2.23. The van der Waals surface area contributed by atoms with Crippen molar-refractivity contribution in [2.45, 2.75) is 53.5 Å². The number of carbonyl (C=O) groups is 1. The van der Waals surface area contributed by atoms with E-state index in [0.29, 0.717) is 0 Å². The van der Waals surface area contributed by atoms with Crippen molar-refractivity contribution < 1.29 is 9.90 Å². The summed E-state index contributed by atoms with van der Waals surface area (Å²) in [5.41, 5.74) is 4.02. The summed E-state index contributed by atoms with van der Waals surface area (Å²) in [6.07, 6.45) is 1.97. The van der Waals surface area contributed by atoms with Gasteiger partial charge in [-0.3, -0.25) is 4.79 Å². The number of benzene rings is 1. The maximum absolute atomic E-state index is 10.6. The second-order valence-electron chi connectivity index (χ2n) is 6.41. The summed E-state index contributed by atoms with van der Waals surface area (Å²) < 4.78 is 0. The molecular formula is C17H27NO2. The zero-order chi connectivity index (χ0) is 15.2. The molecule has 0 aliphatic carbocycles. The van der Waals surface area contributed by atoms with E-state index in [9.17, 15) is 4.79 Å². The van der Waals surface area contributed by atoms with Crippen LogP contribution in [0.25, 0.3) is 0 Å². The highest BCUT2D eigenvalue weighted by Crippen LogP contribution is 2.26. The molecule has 0 saturated heterocycles. The number of rotatable bonds is 8. The van der Waals surface area contributed by atoms with Gasteiger partial charge in [0.2, 0.25) is 0 Å². The van der Waals surface area contributed by atoms with Gasteiger partial charge in [-0.15, -0.1) is 0 Å². The molecule has 0 fully saturated rings. The predicted octanol–water partition coefficient (Wildman–Crippen LogP) is 3.67. The van der Waals surface area contributed by atoms with Crippen molar-refractivity contribution in [2.24, 2.45) is 5.41 Å². The van der Waals surface area contributed by atoms with Gasteiger partial charge in [0.1, 0.15) is 0 Å². The van der Waals surface area contributed by atoms with Crippen LogP contribution in [0.2, 0.25) is 0 Å². The summed E-state index contributed by atoms with van der Waals surface area (Å²) in [5.74, 6) is -0.707. The molecule has 1 rings (SSSR count). The number of carboxylic acid groups (broad SMARTS) is 1. The number of aliphatic carboxylic acids is 1. The first-order chi connectivity index (χ1) is 9.30. The van der Waals surface area contributed by atoms with Crippen LogP contribution in [0.1, 0.15) is 49.8 Å². The average molecular weight is 277 g/mol. The number of nitrogens with one attached hydrogen (secondary N) is 1. The van der Waals surface area contributed by atoms with Gasteiger partial charge in [0.05, 0.1) is 0 Å². The van der Waals surface area contributed by atoms with Gasteiger partial charge >= 0.3 is 5.97 Å². The fraction of sp³-hybridized carbons (Fsp3) is 0.588. The molecule has 0 amide bonds. The minimum absolute atomic E-state index is 0.0764. The molecule has 3 heteroatoms. The van der Waals surface area contributed by atoms with Crippen LogP contribution in [0, 0.1) is 19.3 Å². The second-order valence-corrected chi connectivity index (χ2v) is 6.41. The van der Waals surface area contributed by atoms with Crippen LogP contribution in [0.5, 0.6) is 0 Å². The Morgan fingerprint density at radius 1 is 1.25 bits per heavy atom. The highest BCUT2D eigenvalue weighted by Gasteiger charge is 2.18. The SMILES string of the molecule is Cc1ccc(C)c(CNCCC(C)(C)CCC(=O)O)c1. The molecule has 0 atom stereocenters. The predicted molar refractivity (Wildman–Crippen MR) is 82.9 cm³/mol. The molecule has 1 aromatic rings. The maximum Gasteiger partial charge on any atom is 0.303 e. The van der Waals surface area contributed by atoms with Gasteiger partial charge in [-0.25, -0.2) is 0 Å². The Hall–Kier alpha value is -1.35. The van der Waals surface area contributed by atoms with E-state index in [1.165, 1.54) is 16.7 Å². The standard InChI is InChI=1S/C17H27NO2/c1-13-5-6-14(2)15(11-13)12-18-10-9-17(3,4)8-7-16(19)20/h5-6,11,18H,7-10,12H2,1-4H3,(H,19,20). The van der Waals surface area contributed by atoms with E-state index in [-0.39, 0.29) is 11.8 Å². The van der Waals surface area contributed by atoms with Gasteiger partial charge in [-0.1, -0.05) is 37.6 Å². The molecule has 0 radical (unpaired) electrons. The first kappa shape index (κ1) is 16.7. The number of hydrogen-bond donors (Lipinski definition) is 2. The molecule has 0 aromatic heterocycles. The van der Waals surface area contributed by atoms with Crippen LogP contribution in [-0.2, 0) is 11.3 Å². The second kappa shape index (κ2) is 7.44. The fourth-order valence-corrected chi connectivity index (χ4v) is 2.21. The van der Waals surface area contributed by atoms with Gasteiger partial charge in [-0.2, -0.15) is 0 Å². The molecule has 3 nitrogen and oxygen atoms in total. The lowest BCUT2D eigenvalue weighted by molar-refractivity contribution is -0.137. The molecule has 0 unspecified atom stereocenters. The molecule has 0 saturated carbocycles. The number of aryl methyl sites for hydroxylation is 2. The Bertz CT molecular complexity index is 452. The molecule has 0 bridgehead atoms. The van der Waals surface area contributed by atoms with E-state index in [2.05, 4.69) is 51.2 Å². The summed E-state index contributed by atoms with van der Waals surface area (Å²) in [6.45, 7) is 10.3. The monoisotopic (exact) mass is 277 g/mol. The lowest BCUT2D eigenvalue weighted by Gasteiger charge is -2.24. The van der Waals surface area contributed by atoms with Crippen molar-refractivity contribution in [3.05, 3.63) is 34.9 Å². The number of hydrogen-bond acceptors (Lipinski definition) is 2. The molecule has 0 heterocycles. The Morgan fingerprint density at radius 3 is 2.60 bits per heavy atom. The van der Waals surface area contributed by atoms with E-state index in [4.69, 9.17) is 5.11 Å². The van der Waals surface area contributed by atoms with Crippen LogP contribution in [0.4, 0.5) is 0 Å². The molecule has 20 heavy (non-hydrogen) atoms. The molecule has 2 N–H and O–H groups in total. The number of carboxylic acids is 1. The fourth-order valence-electron chi connectivity index (χ4n) is 2.21. The van der Waals surface area contributed by atoms with Crippen molar-refractivity contribution in [2.75, 3.05) is 6.54 Å². The summed E-state index contributed by atoms with van der Waals surface area (Å²) in [6, 6.07) is 6.51. The Kier molecular flexibility index (Phi) is 6.21. The lowest BCUT2D eigenvalue weighted by atomic mass is 9.84. The molecule has 1 aromatic carbocycles. The third kappa shape index (κ3) is 6.20. The Morgan fingerprint density at radius 2 is 1.95 bits per heavy atom. The summed E-state index contributed by atoms with van der Waals surface area (Å²) in [7, 11) is 0. The first-order valence-corrected chi connectivity index (χ1v) is 7.29. The van der Waals surface area contributed by atoms with Gasteiger partial charge in [0, 0.05) is 13.0 Å². The van der Waals surface area contributed by atoms with Gasteiger partial charge in [0.25, 0.3) is 0 Å². The molecule has 0 spiro atoms. The highest BCUT2D eigenvalue weighted by molar-refractivity contribution is 5.66. The molecule has 0 aliphatic rings. The largest absolute Gasteiger partial charge is 0.481 e.